The molecule has 1 amide bonds. The molecular formula is C27H21F4IN4O3S. The average Bonchev–Trinajstić information content (AvgIpc) is 3.34. The Morgan fingerprint density at radius 1 is 1.15 bits per heavy atom. The van der Waals surface area contributed by atoms with Gasteiger partial charge in [0.1, 0.15) is 12.4 Å². The SMILES string of the molecule is COc1cc(/C=N\NC(=O)Cc2csc(Nc3cccc(C(F)(F)F)c3)n2)cc(I)c1OCc1ccccc1F. The van der Waals surface area contributed by atoms with Gasteiger partial charge in [0, 0.05) is 16.6 Å². The highest BCUT2D eigenvalue weighted by molar-refractivity contribution is 14.1. The molecule has 4 aromatic rings. The van der Waals surface area contributed by atoms with Crippen LogP contribution in [0.15, 0.2) is 71.1 Å². The lowest BCUT2D eigenvalue weighted by Crippen LogP contribution is -2.20. The minimum atomic E-state index is -4.45. The second kappa shape index (κ2) is 13.1. The number of rotatable bonds is 10. The van der Waals surface area contributed by atoms with Crippen molar-refractivity contribution in [1.29, 1.82) is 0 Å². The summed E-state index contributed by atoms with van der Waals surface area (Å²) in [5.74, 6) is 0.0698. The third-order valence-electron chi connectivity index (χ3n) is 5.32. The Hall–Kier alpha value is -3.72. The summed E-state index contributed by atoms with van der Waals surface area (Å²) in [6.45, 7) is 0.0241. The van der Waals surface area contributed by atoms with E-state index in [4.69, 9.17) is 9.47 Å². The molecule has 7 nitrogen and oxygen atoms in total. The van der Waals surface area contributed by atoms with Crippen molar-refractivity contribution in [1.82, 2.24) is 10.4 Å². The van der Waals surface area contributed by atoms with E-state index >= 15 is 0 Å². The van der Waals surface area contributed by atoms with E-state index in [-0.39, 0.29) is 24.5 Å². The molecular weight excluding hydrogens is 663 g/mol. The van der Waals surface area contributed by atoms with E-state index in [2.05, 4.69) is 43.4 Å². The molecule has 0 radical (unpaired) electrons. The highest BCUT2D eigenvalue weighted by Gasteiger charge is 2.30. The number of benzene rings is 3. The first-order valence-electron chi connectivity index (χ1n) is 11.6. The number of thiazole rings is 1. The summed E-state index contributed by atoms with van der Waals surface area (Å²) in [7, 11) is 1.48. The van der Waals surface area contributed by atoms with Crippen molar-refractivity contribution in [2.45, 2.75) is 19.2 Å². The summed E-state index contributed by atoms with van der Waals surface area (Å²) < 4.78 is 64.6. The van der Waals surface area contributed by atoms with Crippen molar-refractivity contribution >= 4 is 56.9 Å². The molecule has 13 heteroatoms. The van der Waals surface area contributed by atoms with Crippen LogP contribution in [0, 0.1) is 9.39 Å². The first-order valence-corrected chi connectivity index (χ1v) is 13.5. The van der Waals surface area contributed by atoms with Crippen LogP contribution >= 0.6 is 33.9 Å². The van der Waals surface area contributed by atoms with Gasteiger partial charge in [0.2, 0.25) is 5.91 Å². The smallest absolute Gasteiger partial charge is 0.416 e. The van der Waals surface area contributed by atoms with E-state index in [1.54, 1.807) is 35.7 Å². The molecule has 208 valence electrons. The third-order valence-corrected chi connectivity index (χ3v) is 6.93. The molecule has 0 unspecified atom stereocenters. The molecule has 0 aliphatic carbocycles. The minimum Gasteiger partial charge on any atom is -0.493 e. The molecule has 1 aromatic heterocycles. The van der Waals surface area contributed by atoms with Crippen LogP contribution in [0.2, 0.25) is 0 Å². The predicted octanol–water partition coefficient (Wildman–Crippen LogP) is 6.93. The quantitative estimate of drug-likeness (QED) is 0.0820. The number of hydrogen-bond acceptors (Lipinski definition) is 7. The highest BCUT2D eigenvalue weighted by atomic mass is 127. The Morgan fingerprint density at radius 2 is 1.95 bits per heavy atom. The zero-order valence-electron chi connectivity index (χ0n) is 20.8. The largest absolute Gasteiger partial charge is 0.493 e. The van der Waals surface area contributed by atoms with Gasteiger partial charge in [-0.3, -0.25) is 4.79 Å². The number of hydrogen-bond donors (Lipinski definition) is 2. The van der Waals surface area contributed by atoms with Gasteiger partial charge in [-0.15, -0.1) is 11.3 Å². The number of amides is 1. The maximum absolute atomic E-state index is 13.9. The van der Waals surface area contributed by atoms with Crippen molar-refractivity contribution in [3.05, 3.63) is 97.8 Å². The van der Waals surface area contributed by atoms with E-state index in [0.717, 1.165) is 23.5 Å². The van der Waals surface area contributed by atoms with Crippen molar-refractivity contribution in [3.8, 4) is 11.5 Å². The number of nitrogens with zero attached hydrogens (tertiary/aromatic N) is 2. The number of carbonyl (C=O) groups is 1. The normalized spacial score (nSPS) is 11.4. The Bertz CT molecular complexity index is 1530. The number of aromatic nitrogens is 1. The molecule has 0 saturated heterocycles. The molecule has 2 N–H and O–H groups in total. The summed E-state index contributed by atoms with van der Waals surface area (Å²) in [6.07, 6.45) is -3.10. The maximum Gasteiger partial charge on any atom is 0.416 e. The van der Waals surface area contributed by atoms with Crippen LogP contribution < -0.4 is 20.2 Å². The van der Waals surface area contributed by atoms with Crippen molar-refractivity contribution in [2.75, 3.05) is 12.4 Å². The van der Waals surface area contributed by atoms with E-state index < -0.39 is 17.6 Å². The lowest BCUT2D eigenvalue weighted by atomic mass is 10.2. The monoisotopic (exact) mass is 684 g/mol. The summed E-state index contributed by atoms with van der Waals surface area (Å²) in [6, 6.07) is 14.5. The molecule has 0 bridgehead atoms. The highest BCUT2D eigenvalue weighted by Crippen LogP contribution is 2.34. The van der Waals surface area contributed by atoms with Gasteiger partial charge in [-0.05, 0) is 64.6 Å². The molecule has 3 aromatic carbocycles. The number of ether oxygens (including phenoxy) is 2. The van der Waals surface area contributed by atoms with Gasteiger partial charge < -0.3 is 14.8 Å². The zero-order valence-corrected chi connectivity index (χ0v) is 23.7. The van der Waals surface area contributed by atoms with Crippen LogP contribution in [0.3, 0.4) is 0 Å². The molecule has 0 aliphatic rings. The van der Waals surface area contributed by atoms with Crippen LogP contribution in [0.5, 0.6) is 11.5 Å². The fourth-order valence-electron chi connectivity index (χ4n) is 3.44. The van der Waals surface area contributed by atoms with Crippen LogP contribution in [-0.4, -0.2) is 24.2 Å². The van der Waals surface area contributed by atoms with E-state index in [1.165, 1.54) is 31.5 Å². The molecule has 0 atom stereocenters. The van der Waals surface area contributed by atoms with Crippen LogP contribution in [0.25, 0.3) is 0 Å². The third kappa shape index (κ3) is 7.91. The average molecular weight is 684 g/mol. The number of hydrazone groups is 1. The second-order valence-corrected chi connectivity index (χ2v) is 10.3. The summed E-state index contributed by atoms with van der Waals surface area (Å²) in [5.41, 5.74) is 3.35. The Kier molecular flexibility index (Phi) is 9.58. The van der Waals surface area contributed by atoms with Gasteiger partial charge in [-0.2, -0.15) is 18.3 Å². The predicted molar refractivity (Wildman–Crippen MR) is 153 cm³/mol. The number of alkyl halides is 3. The van der Waals surface area contributed by atoms with E-state index in [1.807, 2.05) is 0 Å². The Balaban J connectivity index is 1.33. The fourth-order valence-corrected chi connectivity index (χ4v) is 4.96. The van der Waals surface area contributed by atoms with E-state index in [0.29, 0.717) is 37.0 Å². The lowest BCUT2D eigenvalue weighted by molar-refractivity contribution is -0.137. The van der Waals surface area contributed by atoms with Crippen LogP contribution in [-0.2, 0) is 24.0 Å². The molecule has 4 rings (SSSR count). The second-order valence-electron chi connectivity index (χ2n) is 8.23. The summed E-state index contributed by atoms with van der Waals surface area (Å²) in [5, 5.41) is 8.78. The van der Waals surface area contributed by atoms with Crippen molar-refractivity contribution < 1.29 is 31.8 Å². The van der Waals surface area contributed by atoms with Gasteiger partial charge in [0.25, 0.3) is 0 Å². The zero-order chi connectivity index (χ0) is 28.7. The standard InChI is InChI=1S/C27H21F4IN4O3S/c1-38-23-10-16(9-22(32)25(23)39-14-17-5-2-3-8-21(17)28)13-33-36-24(37)12-20-15-40-26(35-20)34-19-7-4-6-18(11-19)27(29,30)31/h2-11,13,15H,12,14H2,1H3,(H,34,35)(H,36,37)/b33-13-. The minimum absolute atomic E-state index is 0.0241. The fraction of sp³-hybridized carbons (Fsp3) is 0.148. The molecule has 1 heterocycles. The Morgan fingerprint density at radius 3 is 2.70 bits per heavy atom. The van der Waals surface area contributed by atoms with Gasteiger partial charge in [0.15, 0.2) is 16.6 Å². The first-order chi connectivity index (χ1) is 19.1. The van der Waals surface area contributed by atoms with Gasteiger partial charge in [-0.25, -0.2) is 14.8 Å². The van der Waals surface area contributed by atoms with Crippen molar-refractivity contribution in [2.24, 2.45) is 5.10 Å². The number of halogens is 5. The topological polar surface area (TPSA) is 84.8 Å². The number of carbonyl (C=O) groups excluding carboxylic acids is 1. The van der Waals surface area contributed by atoms with E-state index in [9.17, 15) is 22.4 Å². The lowest BCUT2D eigenvalue weighted by Gasteiger charge is -2.14. The molecule has 0 spiro atoms. The molecule has 40 heavy (non-hydrogen) atoms. The number of methoxy groups -OCH3 is 1. The first kappa shape index (κ1) is 29.3. The van der Waals surface area contributed by atoms with Gasteiger partial charge in [-0.1, -0.05) is 24.3 Å². The summed E-state index contributed by atoms with van der Waals surface area (Å²) >= 11 is 3.23. The van der Waals surface area contributed by atoms with Gasteiger partial charge in [0.05, 0.1) is 34.6 Å². The molecule has 0 aliphatic heterocycles. The number of anilines is 2. The van der Waals surface area contributed by atoms with Gasteiger partial charge >= 0.3 is 6.18 Å². The molecule has 0 saturated carbocycles. The van der Waals surface area contributed by atoms with Crippen LogP contribution in [0.1, 0.15) is 22.4 Å². The van der Waals surface area contributed by atoms with Crippen LogP contribution in [0.4, 0.5) is 28.4 Å². The number of nitrogens with one attached hydrogen (secondary N) is 2. The van der Waals surface area contributed by atoms with Crippen molar-refractivity contribution in [3.63, 3.8) is 0 Å². The summed E-state index contributed by atoms with van der Waals surface area (Å²) in [4.78, 5) is 16.6. The maximum atomic E-state index is 13.9. The Labute approximate surface area is 244 Å². The molecule has 0 fully saturated rings.